The largest absolute Gasteiger partial charge is 0.416 e. The Bertz CT molecular complexity index is 993. The van der Waals surface area contributed by atoms with Crippen molar-refractivity contribution < 1.29 is 39.5 Å². The topological polar surface area (TPSA) is 15.8 Å². The zero-order valence-corrected chi connectivity index (χ0v) is 15.0. The Kier molecular flexibility index (Phi) is 5.55. The van der Waals surface area contributed by atoms with Gasteiger partial charge in [0.15, 0.2) is 0 Å². The molecular weight excluding hydrogens is 425 g/mol. The molecule has 3 rings (SSSR count). The highest BCUT2D eigenvalue weighted by Gasteiger charge is 2.43. The molecule has 0 amide bonds. The minimum Gasteiger partial charge on any atom is -0.361 e. The number of hydrogen-bond acceptors (Lipinski definition) is 0. The standard InChI is InChI=1S/C20H14F9N/c21-18(22,23)14-8-13(9-15(10-14)19(24,25)26)16(20(27,28)29)3-1-11-2-4-17-12(7-11)5-6-30-17/h2,4-10,16,30H,1,3H2. The lowest BCUT2D eigenvalue weighted by atomic mass is 9.89. The fourth-order valence-corrected chi connectivity index (χ4v) is 3.27. The van der Waals surface area contributed by atoms with Gasteiger partial charge in [-0.3, -0.25) is 0 Å². The zero-order chi connectivity index (χ0) is 22.3. The van der Waals surface area contributed by atoms with Crippen LogP contribution in [0.15, 0.2) is 48.7 Å². The summed E-state index contributed by atoms with van der Waals surface area (Å²) < 4.78 is 119. The molecule has 10 heteroatoms. The van der Waals surface area contributed by atoms with E-state index in [1.54, 1.807) is 30.5 Å². The molecule has 0 fully saturated rings. The molecule has 1 nitrogen and oxygen atoms in total. The van der Waals surface area contributed by atoms with Gasteiger partial charge in [-0.15, -0.1) is 0 Å². The van der Waals surface area contributed by atoms with Crippen LogP contribution < -0.4 is 0 Å². The molecule has 1 atom stereocenters. The van der Waals surface area contributed by atoms with Gasteiger partial charge in [0.05, 0.1) is 17.0 Å². The first kappa shape index (κ1) is 22.0. The average Bonchev–Trinajstić information content (AvgIpc) is 3.07. The summed E-state index contributed by atoms with van der Waals surface area (Å²) in [6.45, 7) is 0. The predicted molar refractivity (Wildman–Crippen MR) is 91.9 cm³/mol. The first-order valence-corrected chi connectivity index (χ1v) is 8.67. The van der Waals surface area contributed by atoms with Gasteiger partial charge in [-0.05, 0) is 65.8 Å². The number of aromatic amines is 1. The van der Waals surface area contributed by atoms with Gasteiger partial charge in [-0.1, -0.05) is 6.07 Å². The van der Waals surface area contributed by atoms with Crippen LogP contribution in [0.5, 0.6) is 0 Å². The van der Waals surface area contributed by atoms with E-state index < -0.39 is 47.6 Å². The molecule has 0 saturated carbocycles. The molecule has 0 spiro atoms. The van der Waals surface area contributed by atoms with Gasteiger partial charge in [0.1, 0.15) is 0 Å². The smallest absolute Gasteiger partial charge is 0.361 e. The number of benzene rings is 2. The van der Waals surface area contributed by atoms with E-state index in [1.165, 1.54) is 0 Å². The van der Waals surface area contributed by atoms with Crippen molar-refractivity contribution >= 4 is 10.9 Å². The minimum absolute atomic E-state index is 0.142. The number of rotatable bonds is 4. The summed E-state index contributed by atoms with van der Waals surface area (Å²) in [4.78, 5) is 2.91. The summed E-state index contributed by atoms with van der Waals surface area (Å²) in [5.41, 5.74) is -3.36. The summed E-state index contributed by atoms with van der Waals surface area (Å²) in [6, 6.07) is 6.61. The number of H-pyrrole nitrogens is 1. The van der Waals surface area contributed by atoms with Crippen LogP contribution >= 0.6 is 0 Å². The summed E-state index contributed by atoms with van der Waals surface area (Å²) in [7, 11) is 0. The molecule has 162 valence electrons. The molecule has 1 heterocycles. The molecule has 0 saturated heterocycles. The van der Waals surface area contributed by atoms with Crippen LogP contribution in [0.3, 0.4) is 0 Å². The van der Waals surface area contributed by atoms with Gasteiger partial charge in [-0.2, -0.15) is 39.5 Å². The van der Waals surface area contributed by atoms with Crippen LogP contribution in [0.1, 0.15) is 34.6 Å². The number of aromatic nitrogens is 1. The lowest BCUT2D eigenvalue weighted by Crippen LogP contribution is -2.23. The van der Waals surface area contributed by atoms with E-state index in [4.69, 9.17) is 0 Å². The normalized spacial score (nSPS) is 14.3. The van der Waals surface area contributed by atoms with E-state index in [0.29, 0.717) is 5.56 Å². The zero-order valence-electron chi connectivity index (χ0n) is 15.0. The summed E-state index contributed by atoms with van der Waals surface area (Å²) >= 11 is 0. The van der Waals surface area contributed by atoms with E-state index in [9.17, 15) is 39.5 Å². The Morgan fingerprint density at radius 3 is 1.87 bits per heavy atom. The molecule has 1 N–H and O–H groups in total. The summed E-state index contributed by atoms with van der Waals surface area (Å²) in [5.74, 6) is -2.48. The number of alkyl halides is 9. The molecule has 0 aliphatic carbocycles. The van der Waals surface area contributed by atoms with E-state index in [0.717, 1.165) is 10.9 Å². The Hall–Kier alpha value is -2.65. The maximum atomic E-state index is 13.6. The van der Waals surface area contributed by atoms with Crippen molar-refractivity contribution in [3.05, 3.63) is 70.9 Å². The maximum Gasteiger partial charge on any atom is 0.416 e. The van der Waals surface area contributed by atoms with Crippen LogP contribution in [-0.4, -0.2) is 11.2 Å². The highest BCUT2D eigenvalue weighted by Crippen LogP contribution is 2.43. The maximum absolute atomic E-state index is 13.6. The molecule has 1 unspecified atom stereocenters. The first-order chi connectivity index (χ1) is 13.7. The van der Waals surface area contributed by atoms with E-state index >= 15 is 0 Å². The van der Waals surface area contributed by atoms with Crippen molar-refractivity contribution in [2.75, 3.05) is 0 Å². The van der Waals surface area contributed by atoms with Gasteiger partial charge < -0.3 is 4.98 Å². The molecule has 0 radical (unpaired) electrons. The number of nitrogens with one attached hydrogen (secondary N) is 1. The van der Waals surface area contributed by atoms with Crippen molar-refractivity contribution in [3.8, 4) is 0 Å². The van der Waals surface area contributed by atoms with Crippen molar-refractivity contribution in [3.63, 3.8) is 0 Å². The summed E-state index contributed by atoms with van der Waals surface area (Å²) in [5, 5.41) is 0.731. The quantitative estimate of drug-likeness (QED) is 0.406. The monoisotopic (exact) mass is 439 g/mol. The van der Waals surface area contributed by atoms with E-state index in [2.05, 4.69) is 4.98 Å². The molecule has 30 heavy (non-hydrogen) atoms. The number of hydrogen-bond donors (Lipinski definition) is 1. The third-order valence-electron chi connectivity index (χ3n) is 4.75. The Morgan fingerprint density at radius 1 is 0.733 bits per heavy atom. The highest BCUT2D eigenvalue weighted by atomic mass is 19.4. The van der Waals surface area contributed by atoms with Gasteiger partial charge in [0, 0.05) is 11.7 Å². The van der Waals surface area contributed by atoms with Gasteiger partial charge in [-0.25, -0.2) is 0 Å². The van der Waals surface area contributed by atoms with Gasteiger partial charge in [0.25, 0.3) is 0 Å². The Labute approximate surface area is 164 Å². The third-order valence-corrected chi connectivity index (χ3v) is 4.75. The number of halogens is 9. The van der Waals surface area contributed by atoms with Crippen molar-refractivity contribution in [2.45, 2.75) is 37.3 Å². The number of aryl methyl sites for hydroxylation is 1. The average molecular weight is 439 g/mol. The predicted octanol–water partition coefficient (Wildman–Crippen LogP) is 7.48. The lowest BCUT2D eigenvalue weighted by Gasteiger charge is -2.23. The van der Waals surface area contributed by atoms with Crippen LogP contribution in [0.2, 0.25) is 0 Å². The second kappa shape index (κ2) is 7.55. The van der Waals surface area contributed by atoms with Crippen LogP contribution in [0, 0.1) is 0 Å². The molecular formula is C20H14F9N. The molecule has 0 aliphatic heterocycles. The molecule has 2 aromatic carbocycles. The Morgan fingerprint density at radius 2 is 1.33 bits per heavy atom. The van der Waals surface area contributed by atoms with Gasteiger partial charge >= 0.3 is 18.5 Å². The molecule has 0 bridgehead atoms. The van der Waals surface area contributed by atoms with Gasteiger partial charge in [0.2, 0.25) is 0 Å². The molecule has 0 aliphatic rings. The third kappa shape index (κ3) is 4.91. The number of fused-ring (bicyclic) bond motifs is 1. The molecule has 1 aromatic heterocycles. The first-order valence-electron chi connectivity index (χ1n) is 8.67. The van der Waals surface area contributed by atoms with Crippen molar-refractivity contribution in [1.82, 2.24) is 4.98 Å². The molecule has 3 aromatic rings. The Balaban J connectivity index is 1.98. The van der Waals surface area contributed by atoms with E-state index in [-0.39, 0.29) is 24.6 Å². The van der Waals surface area contributed by atoms with Crippen molar-refractivity contribution in [1.29, 1.82) is 0 Å². The van der Waals surface area contributed by atoms with E-state index in [1.807, 2.05) is 0 Å². The van der Waals surface area contributed by atoms with Crippen molar-refractivity contribution in [2.24, 2.45) is 0 Å². The fourth-order valence-electron chi connectivity index (χ4n) is 3.27. The summed E-state index contributed by atoms with van der Waals surface area (Å²) in [6.07, 6.45) is -14.7. The van der Waals surface area contributed by atoms with Crippen LogP contribution in [-0.2, 0) is 18.8 Å². The SMILES string of the molecule is FC(F)(F)c1cc(C(CCc2ccc3[nH]ccc3c2)C(F)(F)F)cc(C(F)(F)F)c1. The van der Waals surface area contributed by atoms with Crippen LogP contribution in [0.25, 0.3) is 10.9 Å². The fraction of sp³-hybridized carbons (Fsp3) is 0.300. The highest BCUT2D eigenvalue weighted by molar-refractivity contribution is 5.79. The second-order valence-corrected chi connectivity index (χ2v) is 6.87. The lowest BCUT2D eigenvalue weighted by molar-refractivity contribution is -0.154. The van der Waals surface area contributed by atoms with Crippen LogP contribution in [0.4, 0.5) is 39.5 Å². The minimum atomic E-state index is -5.22. The second-order valence-electron chi connectivity index (χ2n) is 6.87.